The summed E-state index contributed by atoms with van der Waals surface area (Å²) >= 11 is 0. The molecular formula is C27H29N2OP. The number of rotatable bonds is 5. The number of allylic oxidation sites excluding steroid dienone is 1. The van der Waals surface area contributed by atoms with Crippen LogP contribution in [0, 0.1) is 5.92 Å². The molecule has 1 amide bonds. The van der Waals surface area contributed by atoms with Crippen LogP contribution in [0.3, 0.4) is 0 Å². The fourth-order valence-electron chi connectivity index (χ4n) is 4.29. The van der Waals surface area contributed by atoms with Gasteiger partial charge >= 0.3 is 0 Å². The lowest BCUT2D eigenvalue weighted by atomic mass is 9.88. The molecule has 0 heterocycles. The van der Waals surface area contributed by atoms with Crippen molar-refractivity contribution in [2.45, 2.75) is 32.1 Å². The lowest BCUT2D eigenvalue weighted by molar-refractivity contribution is 0.100. The van der Waals surface area contributed by atoms with Crippen molar-refractivity contribution < 1.29 is 4.79 Å². The average Bonchev–Trinajstić information content (AvgIpc) is 2.85. The minimum absolute atomic E-state index is 0.200. The molecule has 0 bridgehead atoms. The number of nitrogens with zero attached hydrogens (tertiary/aromatic N) is 1. The Balaban J connectivity index is 1.95. The van der Waals surface area contributed by atoms with Crippen molar-refractivity contribution in [1.29, 1.82) is 0 Å². The molecular weight excluding hydrogens is 399 g/mol. The molecule has 0 aliphatic heterocycles. The summed E-state index contributed by atoms with van der Waals surface area (Å²) in [7, 11) is -2.56. The van der Waals surface area contributed by atoms with E-state index in [9.17, 15) is 4.79 Å². The van der Waals surface area contributed by atoms with Crippen molar-refractivity contribution in [2.75, 3.05) is 0 Å². The highest BCUT2D eigenvalue weighted by atomic mass is 31.2. The third kappa shape index (κ3) is 4.89. The van der Waals surface area contributed by atoms with Gasteiger partial charge in [0, 0.05) is 21.9 Å². The standard InChI is InChI=1S/C27H29N2OP/c28-26(22-13-5-1-6-14-22)21-31(24-17-9-3-10-18-24,25-19-11-4-12-20-25)29-27(30)23-15-7-2-8-16-23/h2-4,7-12,15-22H,1,5-6,13-14,28H2/b26-21+. The van der Waals surface area contributed by atoms with Gasteiger partial charge in [-0.15, -0.1) is 0 Å². The predicted molar refractivity (Wildman–Crippen MR) is 131 cm³/mol. The quantitative estimate of drug-likeness (QED) is 0.502. The van der Waals surface area contributed by atoms with Crippen LogP contribution in [0.15, 0.2) is 107 Å². The number of amides is 1. The average molecular weight is 429 g/mol. The zero-order valence-corrected chi connectivity index (χ0v) is 18.6. The van der Waals surface area contributed by atoms with Crippen LogP contribution in [-0.2, 0) is 0 Å². The zero-order valence-electron chi connectivity index (χ0n) is 17.7. The van der Waals surface area contributed by atoms with Crippen molar-refractivity contribution in [3.8, 4) is 0 Å². The zero-order chi connectivity index (χ0) is 21.5. The van der Waals surface area contributed by atoms with Crippen molar-refractivity contribution in [3.63, 3.8) is 0 Å². The molecule has 0 saturated heterocycles. The summed E-state index contributed by atoms with van der Waals surface area (Å²) in [5, 5.41) is 2.09. The first-order chi connectivity index (χ1) is 15.2. The van der Waals surface area contributed by atoms with E-state index >= 15 is 0 Å². The van der Waals surface area contributed by atoms with Crippen LogP contribution in [0.1, 0.15) is 42.5 Å². The molecule has 0 spiro atoms. The van der Waals surface area contributed by atoms with Crippen LogP contribution in [0.4, 0.5) is 0 Å². The molecule has 3 nitrogen and oxygen atoms in total. The van der Waals surface area contributed by atoms with Gasteiger partial charge < -0.3 is 5.73 Å². The van der Waals surface area contributed by atoms with Crippen LogP contribution in [0.5, 0.6) is 0 Å². The molecule has 3 aromatic rings. The van der Waals surface area contributed by atoms with Crippen LogP contribution in [0.25, 0.3) is 0 Å². The Morgan fingerprint density at radius 2 is 1.26 bits per heavy atom. The van der Waals surface area contributed by atoms with E-state index in [0.717, 1.165) is 29.1 Å². The molecule has 4 heteroatoms. The number of hydrogen-bond acceptors (Lipinski definition) is 2. The van der Waals surface area contributed by atoms with Crippen LogP contribution >= 0.6 is 7.05 Å². The highest BCUT2D eigenvalue weighted by molar-refractivity contribution is 7.83. The van der Waals surface area contributed by atoms with E-state index in [1.807, 2.05) is 66.7 Å². The minimum Gasteiger partial charge on any atom is -0.402 e. The lowest BCUT2D eigenvalue weighted by Crippen LogP contribution is -2.20. The summed E-state index contributed by atoms with van der Waals surface area (Å²) in [6, 6.07) is 29.7. The molecule has 3 aromatic carbocycles. The van der Waals surface area contributed by atoms with Crippen molar-refractivity contribution in [3.05, 3.63) is 108 Å². The van der Waals surface area contributed by atoms with Crippen LogP contribution < -0.4 is 16.3 Å². The molecule has 0 unspecified atom stereocenters. The van der Waals surface area contributed by atoms with Crippen LogP contribution in [-0.4, -0.2) is 5.91 Å². The van der Waals surface area contributed by atoms with Gasteiger partial charge in [-0.1, -0.05) is 98.1 Å². The second-order valence-electron chi connectivity index (χ2n) is 8.09. The van der Waals surface area contributed by atoms with Gasteiger partial charge in [-0.2, -0.15) is 0 Å². The van der Waals surface area contributed by atoms with Crippen LogP contribution in [0.2, 0.25) is 0 Å². The Hall–Kier alpha value is -2.90. The first-order valence-corrected chi connectivity index (χ1v) is 12.8. The van der Waals surface area contributed by atoms with Crippen molar-refractivity contribution in [1.82, 2.24) is 0 Å². The van der Waals surface area contributed by atoms with Gasteiger partial charge in [0.05, 0.1) is 7.05 Å². The molecule has 1 fully saturated rings. The van der Waals surface area contributed by atoms with Crippen molar-refractivity contribution in [2.24, 2.45) is 16.4 Å². The Bertz CT molecular complexity index is 1040. The van der Waals surface area contributed by atoms with Gasteiger partial charge in [-0.3, -0.25) is 4.79 Å². The number of benzene rings is 3. The van der Waals surface area contributed by atoms with Gasteiger partial charge in [0.25, 0.3) is 5.91 Å². The molecule has 1 saturated carbocycles. The fraction of sp³-hybridized carbons (Fsp3) is 0.222. The Labute approximate surface area is 185 Å². The van der Waals surface area contributed by atoms with E-state index in [1.54, 1.807) is 0 Å². The summed E-state index contributed by atoms with van der Waals surface area (Å²) in [5.74, 6) is 2.31. The van der Waals surface area contributed by atoms with E-state index in [4.69, 9.17) is 10.5 Å². The molecule has 158 valence electrons. The predicted octanol–water partition coefficient (Wildman–Crippen LogP) is 6.06. The van der Waals surface area contributed by atoms with Gasteiger partial charge in [-0.05, 0) is 36.7 Å². The summed E-state index contributed by atoms with van der Waals surface area (Å²) in [6.45, 7) is 0. The number of carbonyl (C=O) groups excluding carboxylic acids is 1. The number of nitrogens with two attached hydrogens (primary N) is 1. The monoisotopic (exact) mass is 428 g/mol. The maximum Gasteiger partial charge on any atom is 0.276 e. The van der Waals surface area contributed by atoms with E-state index in [1.165, 1.54) is 19.3 Å². The second kappa shape index (κ2) is 9.94. The van der Waals surface area contributed by atoms with E-state index in [0.29, 0.717) is 11.5 Å². The Kier molecular flexibility index (Phi) is 6.84. The maximum atomic E-state index is 13.4. The van der Waals surface area contributed by atoms with Gasteiger partial charge in [0.15, 0.2) is 0 Å². The number of carbonyl (C=O) groups is 1. The van der Waals surface area contributed by atoms with E-state index in [-0.39, 0.29) is 5.91 Å². The molecule has 2 N–H and O–H groups in total. The topological polar surface area (TPSA) is 55.4 Å². The fourth-order valence-corrected chi connectivity index (χ4v) is 7.47. The van der Waals surface area contributed by atoms with Gasteiger partial charge in [0.2, 0.25) is 0 Å². The maximum absolute atomic E-state index is 13.4. The first kappa shape index (κ1) is 21.3. The third-order valence-corrected chi connectivity index (χ3v) is 9.32. The molecule has 0 aromatic heterocycles. The highest BCUT2D eigenvalue weighted by Gasteiger charge is 2.27. The largest absolute Gasteiger partial charge is 0.402 e. The molecule has 0 radical (unpaired) electrons. The molecule has 1 aliphatic carbocycles. The Morgan fingerprint density at radius 3 is 1.77 bits per heavy atom. The summed E-state index contributed by atoms with van der Waals surface area (Å²) in [4.78, 5) is 13.4. The van der Waals surface area contributed by atoms with E-state index < -0.39 is 7.05 Å². The molecule has 4 rings (SSSR count). The van der Waals surface area contributed by atoms with Crippen molar-refractivity contribution >= 4 is 23.6 Å². The summed E-state index contributed by atoms with van der Waals surface area (Å²) < 4.78 is 4.97. The first-order valence-electron chi connectivity index (χ1n) is 11.0. The SMILES string of the molecule is N/C(=C/P(=NC(=O)c1ccccc1)(c1ccccc1)c1ccccc1)C1CCCCC1. The third-order valence-electron chi connectivity index (χ3n) is 5.98. The molecule has 0 atom stereocenters. The number of hydrogen-bond donors (Lipinski definition) is 1. The van der Waals surface area contributed by atoms with Gasteiger partial charge in [-0.25, -0.2) is 4.74 Å². The van der Waals surface area contributed by atoms with Gasteiger partial charge in [0.1, 0.15) is 0 Å². The summed E-state index contributed by atoms with van der Waals surface area (Å²) in [5.41, 5.74) is 8.22. The van der Waals surface area contributed by atoms with E-state index in [2.05, 4.69) is 30.1 Å². The normalized spacial score (nSPS) is 15.4. The molecule has 1 aliphatic rings. The minimum atomic E-state index is -2.56. The lowest BCUT2D eigenvalue weighted by Gasteiger charge is -2.27. The summed E-state index contributed by atoms with van der Waals surface area (Å²) in [6.07, 6.45) is 5.91. The highest BCUT2D eigenvalue weighted by Crippen LogP contribution is 2.51. The Morgan fingerprint density at radius 1 is 0.774 bits per heavy atom. The molecule has 31 heavy (non-hydrogen) atoms. The smallest absolute Gasteiger partial charge is 0.276 e. The second-order valence-corrected chi connectivity index (χ2v) is 11.0.